The highest BCUT2D eigenvalue weighted by molar-refractivity contribution is 5.95. The highest BCUT2D eigenvalue weighted by Crippen LogP contribution is 2.17. The van der Waals surface area contributed by atoms with Crippen molar-refractivity contribution >= 4 is 11.8 Å². The van der Waals surface area contributed by atoms with Crippen LogP contribution in [-0.4, -0.2) is 59.0 Å². The number of aliphatic hydroxyl groups excluding tert-OH is 1. The van der Waals surface area contributed by atoms with Crippen molar-refractivity contribution in [2.24, 2.45) is 0 Å². The van der Waals surface area contributed by atoms with Gasteiger partial charge in [0.05, 0.1) is 0 Å². The lowest BCUT2D eigenvalue weighted by molar-refractivity contribution is -0.140. The minimum Gasteiger partial charge on any atom is -0.384 e. The fraction of sp³-hybridized carbons (Fsp3) is 0.500. The van der Waals surface area contributed by atoms with Crippen molar-refractivity contribution in [3.05, 3.63) is 34.6 Å². The molecule has 1 atom stereocenters. The van der Waals surface area contributed by atoms with Crippen LogP contribution in [0.3, 0.4) is 0 Å². The number of hydrogen-bond acceptors (Lipinski definition) is 3. The molecule has 1 aliphatic heterocycles. The van der Waals surface area contributed by atoms with E-state index in [0.717, 1.165) is 0 Å². The normalized spacial score (nSPS) is 16.6. The monoisotopic (exact) mass is 308 g/mol. The third-order valence-electron chi connectivity index (χ3n) is 3.92. The zero-order valence-electron chi connectivity index (χ0n) is 13.1. The smallest absolute Gasteiger partial charge is 0.253 e. The number of hydrogen-bond donors (Lipinski definition) is 1. The summed E-state index contributed by atoms with van der Waals surface area (Å²) in [5.41, 5.74) is 1.37. The minimum atomic E-state index is -1.02. The fourth-order valence-electron chi connectivity index (χ4n) is 2.65. The van der Waals surface area contributed by atoms with Gasteiger partial charge in [-0.1, -0.05) is 0 Å². The Kier molecular flexibility index (Phi) is 4.81. The third kappa shape index (κ3) is 3.27. The van der Waals surface area contributed by atoms with Gasteiger partial charge in [0.25, 0.3) is 11.8 Å². The zero-order valence-corrected chi connectivity index (χ0v) is 13.1. The lowest BCUT2D eigenvalue weighted by atomic mass is 10.1. The van der Waals surface area contributed by atoms with Crippen molar-refractivity contribution < 1.29 is 19.1 Å². The van der Waals surface area contributed by atoms with Crippen molar-refractivity contribution in [2.45, 2.75) is 26.9 Å². The molecule has 1 saturated heterocycles. The van der Waals surface area contributed by atoms with Crippen LogP contribution in [0.1, 0.15) is 28.4 Å². The summed E-state index contributed by atoms with van der Waals surface area (Å²) >= 11 is 0. The van der Waals surface area contributed by atoms with Gasteiger partial charge in [0.15, 0.2) is 0 Å². The first-order chi connectivity index (χ1) is 10.3. The highest BCUT2D eigenvalue weighted by Gasteiger charge is 2.26. The molecule has 1 N–H and O–H groups in total. The van der Waals surface area contributed by atoms with Crippen LogP contribution in [0.5, 0.6) is 0 Å². The Balaban J connectivity index is 2.05. The van der Waals surface area contributed by atoms with Gasteiger partial charge in [-0.25, -0.2) is 4.39 Å². The first-order valence-corrected chi connectivity index (χ1v) is 7.34. The quantitative estimate of drug-likeness (QED) is 0.890. The molecule has 22 heavy (non-hydrogen) atoms. The highest BCUT2D eigenvalue weighted by atomic mass is 19.1. The molecule has 0 saturated carbocycles. The predicted molar refractivity (Wildman–Crippen MR) is 80.0 cm³/mol. The molecule has 2 amide bonds. The second-order valence-electron chi connectivity index (χ2n) is 5.72. The maximum absolute atomic E-state index is 13.6. The molecule has 0 aliphatic carbocycles. The van der Waals surface area contributed by atoms with E-state index in [1.165, 1.54) is 6.92 Å². The van der Waals surface area contributed by atoms with E-state index in [1.807, 2.05) is 0 Å². The van der Waals surface area contributed by atoms with Crippen molar-refractivity contribution in [3.8, 4) is 0 Å². The number of halogens is 1. The summed E-state index contributed by atoms with van der Waals surface area (Å²) in [7, 11) is 0. The summed E-state index contributed by atoms with van der Waals surface area (Å²) in [6.45, 7) is 6.32. The molecule has 1 aliphatic rings. The Hall–Kier alpha value is -1.95. The Labute approximate surface area is 129 Å². The van der Waals surface area contributed by atoms with Gasteiger partial charge in [-0.15, -0.1) is 0 Å². The fourth-order valence-corrected chi connectivity index (χ4v) is 2.65. The van der Waals surface area contributed by atoms with E-state index in [2.05, 4.69) is 0 Å². The van der Waals surface area contributed by atoms with E-state index < -0.39 is 6.10 Å². The van der Waals surface area contributed by atoms with Crippen LogP contribution in [0.4, 0.5) is 4.39 Å². The summed E-state index contributed by atoms with van der Waals surface area (Å²) in [6, 6.07) is 3.11. The van der Waals surface area contributed by atoms with Crippen molar-refractivity contribution in [2.75, 3.05) is 26.2 Å². The Morgan fingerprint density at radius 1 is 1.09 bits per heavy atom. The first-order valence-electron chi connectivity index (χ1n) is 7.34. The number of piperazine rings is 1. The van der Waals surface area contributed by atoms with Gasteiger partial charge in [0.1, 0.15) is 11.9 Å². The maximum Gasteiger partial charge on any atom is 0.253 e. The van der Waals surface area contributed by atoms with Crippen molar-refractivity contribution in [1.82, 2.24) is 9.80 Å². The Bertz CT molecular complexity index is 570. The number of aliphatic hydroxyl groups is 1. The molecule has 1 unspecified atom stereocenters. The molecule has 2 rings (SSSR count). The molecule has 1 heterocycles. The van der Waals surface area contributed by atoms with Crippen LogP contribution in [0, 0.1) is 19.7 Å². The second kappa shape index (κ2) is 6.44. The van der Waals surface area contributed by atoms with Gasteiger partial charge in [-0.05, 0) is 44.0 Å². The number of nitrogens with zero attached hydrogens (tertiary/aromatic N) is 2. The zero-order chi connectivity index (χ0) is 16.4. The van der Waals surface area contributed by atoms with E-state index >= 15 is 0 Å². The van der Waals surface area contributed by atoms with E-state index in [1.54, 1.807) is 35.8 Å². The molecular weight excluding hydrogens is 287 g/mol. The van der Waals surface area contributed by atoms with E-state index in [4.69, 9.17) is 0 Å². The topological polar surface area (TPSA) is 60.9 Å². The summed E-state index contributed by atoms with van der Waals surface area (Å²) < 4.78 is 13.6. The molecular formula is C16H21FN2O3. The van der Waals surface area contributed by atoms with Gasteiger partial charge in [0, 0.05) is 31.7 Å². The first kappa shape index (κ1) is 16.4. The van der Waals surface area contributed by atoms with Crippen LogP contribution >= 0.6 is 0 Å². The standard InChI is InChI=1S/C16H21FN2O3/c1-10-8-13(9-11(2)14(10)17)16(22)19-6-4-18(5-7-19)15(21)12(3)20/h8-9,12,20H,4-7H2,1-3H3. The largest absolute Gasteiger partial charge is 0.384 e. The van der Waals surface area contributed by atoms with Gasteiger partial charge < -0.3 is 14.9 Å². The third-order valence-corrected chi connectivity index (χ3v) is 3.92. The SMILES string of the molecule is Cc1cc(C(=O)N2CCN(C(=O)C(C)O)CC2)cc(C)c1F. The maximum atomic E-state index is 13.6. The summed E-state index contributed by atoms with van der Waals surface area (Å²) in [5, 5.41) is 9.31. The lowest BCUT2D eigenvalue weighted by Crippen LogP contribution is -2.52. The molecule has 5 nitrogen and oxygen atoms in total. The molecule has 0 aromatic heterocycles. The molecule has 1 fully saturated rings. The van der Waals surface area contributed by atoms with E-state index in [-0.39, 0.29) is 17.6 Å². The van der Waals surface area contributed by atoms with Crippen LogP contribution < -0.4 is 0 Å². The van der Waals surface area contributed by atoms with E-state index in [9.17, 15) is 19.1 Å². The molecule has 1 aromatic carbocycles. The van der Waals surface area contributed by atoms with Crippen LogP contribution in [0.2, 0.25) is 0 Å². The number of aryl methyl sites for hydroxylation is 2. The lowest BCUT2D eigenvalue weighted by Gasteiger charge is -2.35. The predicted octanol–water partition coefficient (Wildman–Crippen LogP) is 1.11. The van der Waals surface area contributed by atoms with Crippen LogP contribution in [0.25, 0.3) is 0 Å². The second-order valence-corrected chi connectivity index (χ2v) is 5.72. The average molecular weight is 308 g/mol. The van der Waals surface area contributed by atoms with Crippen molar-refractivity contribution in [1.29, 1.82) is 0 Å². The summed E-state index contributed by atoms with van der Waals surface area (Å²) in [5.74, 6) is -0.764. The van der Waals surface area contributed by atoms with Gasteiger partial charge in [0.2, 0.25) is 0 Å². The van der Waals surface area contributed by atoms with Gasteiger partial charge >= 0.3 is 0 Å². The molecule has 0 spiro atoms. The Morgan fingerprint density at radius 3 is 2.00 bits per heavy atom. The number of rotatable bonds is 2. The summed E-state index contributed by atoms with van der Waals surface area (Å²) in [6.07, 6.45) is -1.02. The summed E-state index contributed by atoms with van der Waals surface area (Å²) in [4.78, 5) is 27.4. The Morgan fingerprint density at radius 2 is 1.55 bits per heavy atom. The number of benzene rings is 1. The molecule has 0 bridgehead atoms. The molecule has 6 heteroatoms. The number of carbonyl (C=O) groups is 2. The van der Waals surface area contributed by atoms with Gasteiger partial charge in [-0.3, -0.25) is 9.59 Å². The molecule has 120 valence electrons. The molecule has 0 radical (unpaired) electrons. The number of amides is 2. The van der Waals surface area contributed by atoms with Crippen LogP contribution in [-0.2, 0) is 4.79 Å². The number of carbonyl (C=O) groups excluding carboxylic acids is 2. The van der Waals surface area contributed by atoms with Crippen LogP contribution in [0.15, 0.2) is 12.1 Å². The van der Waals surface area contributed by atoms with Gasteiger partial charge in [-0.2, -0.15) is 0 Å². The van der Waals surface area contributed by atoms with Crippen molar-refractivity contribution in [3.63, 3.8) is 0 Å². The average Bonchev–Trinajstić information content (AvgIpc) is 2.50. The minimum absolute atomic E-state index is 0.157. The molecule has 1 aromatic rings. The van der Waals surface area contributed by atoms with E-state index in [0.29, 0.717) is 42.9 Å².